The Morgan fingerprint density at radius 1 is 1.31 bits per heavy atom. The monoisotopic (exact) mass is 242 g/mol. The second-order valence-electron chi connectivity index (χ2n) is 2.88. The van der Waals surface area contributed by atoms with Crippen molar-refractivity contribution < 1.29 is 61.3 Å². The van der Waals surface area contributed by atoms with Crippen molar-refractivity contribution in [3.8, 4) is 11.4 Å². The Morgan fingerprint density at radius 3 is 2.62 bits per heavy atom. The number of carbonyl (C=O) groups is 1. The van der Waals surface area contributed by atoms with Crippen molar-refractivity contribution in [3.63, 3.8) is 0 Å². The van der Waals surface area contributed by atoms with Gasteiger partial charge in [-0.25, -0.2) is 0 Å². The third-order valence-electron chi connectivity index (χ3n) is 1.76. The van der Waals surface area contributed by atoms with E-state index in [0.717, 1.165) is 10.4 Å². The molecule has 0 saturated heterocycles. The van der Waals surface area contributed by atoms with Gasteiger partial charge in [-0.05, 0) is 5.21 Å². The fourth-order valence-corrected chi connectivity index (χ4v) is 1.13. The van der Waals surface area contributed by atoms with Crippen LogP contribution in [0.15, 0.2) is 30.3 Å². The molecule has 0 fully saturated rings. The number of aliphatic carboxylic acids is 1. The van der Waals surface area contributed by atoms with Gasteiger partial charge >= 0.3 is 51.4 Å². The Kier molecular flexibility index (Phi) is 5.23. The van der Waals surface area contributed by atoms with Crippen LogP contribution in [0.5, 0.6) is 0 Å². The van der Waals surface area contributed by atoms with Gasteiger partial charge in [0.05, 0.1) is 5.97 Å². The molecule has 16 heavy (non-hydrogen) atoms. The van der Waals surface area contributed by atoms with Crippen LogP contribution in [0.1, 0.15) is 0 Å². The predicted molar refractivity (Wildman–Crippen MR) is 48.3 cm³/mol. The predicted octanol–water partition coefficient (Wildman–Crippen LogP) is -3.91. The number of carbonyl (C=O) groups excluding carboxylic acids is 1. The Balaban J connectivity index is 0.00000128. The van der Waals surface area contributed by atoms with Crippen LogP contribution in [0.2, 0.25) is 0 Å². The van der Waals surface area contributed by atoms with Crippen LogP contribution in [-0.4, -0.2) is 26.2 Å². The molecular weight excluding hydrogens is 235 g/mol. The quantitative estimate of drug-likeness (QED) is 0.514. The van der Waals surface area contributed by atoms with E-state index in [0.29, 0.717) is 5.82 Å². The first-order valence-electron chi connectivity index (χ1n) is 4.29. The molecule has 0 radical (unpaired) electrons. The van der Waals surface area contributed by atoms with Gasteiger partial charge in [-0.15, -0.1) is 10.2 Å². The van der Waals surface area contributed by atoms with Crippen molar-refractivity contribution in [2.75, 3.05) is 0 Å². The third kappa shape index (κ3) is 3.46. The van der Waals surface area contributed by atoms with E-state index in [1.807, 2.05) is 30.3 Å². The Bertz CT molecular complexity index is 471. The van der Waals surface area contributed by atoms with Crippen molar-refractivity contribution in [1.82, 2.24) is 20.2 Å². The number of aromatic nitrogens is 4. The minimum atomic E-state index is -1.24. The summed E-state index contributed by atoms with van der Waals surface area (Å²) in [6.45, 7) is -0.389. The fraction of sp³-hybridized carbons (Fsp3) is 0.111. The van der Waals surface area contributed by atoms with Gasteiger partial charge in [-0.2, -0.15) is 4.80 Å². The Labute approximate surface area is 134 Å². The summed E-state index contributed by atoms with van der Waals surface area (Å²) >= 11 is 0. The molecule has 76 valence electrons. The summed E-state index contributed by atoms with van der Waals surface area (Å²) in [5, 5.41) is 21.5. The van der Waals surface area contributed by atoms with Gasteiger partial charge < -0.3 is 9.90 Å². The normalized spacial score (nSPS) is 9.50. The minimum absolute atomic E-state index is 0. The van der Waals surface area contributed by atoms with Gasteiger partial charge in [-0.1, -0.05) is 30.3 Å². The fourth-order valence-electron chi connectivity index (χ4n) is 1.13. The number of hydrogen-bond donors (Lipinski definition) is 0. The topological polar surface area (TPSA) is 83.7 Å². The molecule has 1 aromatic heterocycles. The summed E-state index contributed by atoms with van der Waals surface area (Å²) in [6, 6.07) is 9.19. The molecule has 7 heteroatoms. The molecule has 2 aromatic rings. The molecule has 2 rings (SSSR count). The van der Waals surface area contributed by atoms with E-state index in [9.17, 15) is 9.90 Å². The summed E-state index contributed by atoms with van der Waals surface area (Å²) in [7, 11) is 0. The summed E-state index contributed by atoms with van der Waals surface area (Å²) in [5.41, 5.74) is 0.794. The van der Waals surface area contributed by atoms with Gasteiger partial charge in [0.25, 0.3) is 0 Å². The van der Waals surface area contributed by atoms with Crippen molar-refractivity contribution in [1.29, 1.82) is 0 Å². The molecule has 0 atom stereocenters. The molecule has 0 aliphatic carbocycles. The number of carboxylic acid groups (broad SMARTS) is 1. The first kappa shape index (κ1) is 13.5. The van der Waals surface area contributed by atoms with E-state index in [1.165, 1.54) is 0 Å². The average molecular weight is 242 g/mol. The van der Waals surface area contributed by atoms with Crippen LogP contribution >= 0.6 is 0 Å². The van der Waals surface area contributed by atoms with Gasteiger partial charge in [-0.3, -0.25) is 0 Å². The summed E-state index contributed by atoms with van der Waals surface area (Å²) in [4.78, 5) is 11.3. The van der Waals surface area contributed by atoms with E-state index in [2.05, 4.69) is 15.4 Å². The molecule has 0 spiro atoms. The number of rotatable bonds is 3. The Morgan fingerprint density at radius 2 is 2.00 bits per heavy atom. The molecule has 6 nitrogen and oxygen atoms in total. The van der Waals surface area contributed by atoms with E-state index in [4.69, 9.17) is 0 Å². The summed E-state index contributed by atoms with van der Waals surface area (Å²) in [6.07, 6.45) is 0. The van der Waals surface area contributed by atoms with Crippen molar-refractivity contribution in [3.05, 3.63) is 30.3 Å². The van der Waals surface area contributed by atoms with Crippen LogP contribution in [0.3, 0.4) is 0 Å². The zero-order chi connectivity index (χ0) is 10.7. The number of carboxylic acids is 1. The van der Waals surface area contributed by atoms with E-state index in [1.54, 1.807) is 0 Å². The Hall–Kier alpha value is -0.604. The average Bonchev–Trinajstić information content (AvgIpc) is 2.67. The van der Waals surface area contributed by atoms with Crippen LogP contribution in [-0.2, 0) is 11.3 Å². The number of hydrogen-bond acceptors (Lipinski definition) is 5. The molecule has 0 unspecified atom stereocenters. The molecule has 0 aliphatic heterocycles. The van der Waals surface area contributed by atoms with Gasteiger partial charge in [0.2, 0.25) is 5.82 Å². The van der Waals surface area contributed by atoms with Crippen molar-refractivity contribution in [2.24, 2.45) is 0 Å². The van der Waals surface area contributed by atoms with Gasteiger partial charge in [0, 0.05) is 5.56 Å². The van der Waals surface area contributed by atoms with Crippen LogP contribution in [0, 0.1) is 0 Å². The smallest absolute Gasteiger partial charge is 0.548 e. The number of benzene rings is 1. The zero-order valence-electron chi connectivity index (χ0n) is 8.70. The second kappa shape index (κ2) is 6.21. The van der Waals surface area contributed by atoms with Crippen LogP contribution < -0.4 is 56.5 Å². The maximum Gasteiger partial charge on any atom is 1.00 e. The zero-order valence-corrected chi connectivity index (χ0v) is 11.8. The van der Waals surface area contributed by atoms with Crippen LogP contribution in [0.25, 0.3) is 11.4 Å². The standard InChI is InChI=1S/C9H8N4O2.K/c14-8(15)6-13-11-9(10-12-13)7-4-2-1-3-5-7;/h1-5H,6H2,(H,14,15);/q;+1/p-1. The number of tetrazole rings is 1. The largest absolute Gasteiger partial charge is 1.00 e. The van der Waals surface area contributed by atoms with E-state index < -0.39 is 5.97 Å². The van der Waals surface area contributed by atoms with Crippen molar-refractivity contribution >= 4 is 5.97 Å². The molecule has 1 heterocycles. The molecular formula is C9H7KN4O2. The molecule has 0 N–H and O–H groups in total. The molecule has 0 amide bonds. The number of nitrogens with zero attached hydrogens (tertiary/aromatic N) is 4. The van der Waals surface area contributed by atoms with E-state index in [-0.39, 0.29) is 57.9 Å². The second-order valence-corrected chi connectivity index (χ2v) is 2.88. The summed E-state index contributed by atoms with van der Waals surface area (Å²) < 4.78 is 0. The SMILES string of the molecule is O=C([O-])Cn1nnc(-c2ccccc2)n1.[K+]. The maximum atomic E-state index is 10.3. The first-order valence-corrected chi connectivity index (χ1v) is 4.29. The van der Waals surface area contributed by atoms with Crippen molar-refractivity contribution in [2.45, 2.75) is 6.54 Å². The van der Waals surface area contributed by atoms with Gasteiger partial charge in [0.15, 0.2) is 0 Å². The molecule has 0 saturated carbocycles. The minimum Gasteiger partial charge on any atom is -0.548 e. The van der Waals surface area contributed by atoms with Crippen LogP contribution in [0.4, 0.5) is 0 Å². The third-order valence-corrected chi connectivity index (χ3v) is 1.76. The molecule has 1 aromatic carbocycles. The van der Waals surface area contributed by atoms with Gasteiger partial charge in [0.1, 0.15) is 6.54 Å². The summed E-state index contributed by atoms with van der Waals surface area (Å²) in [5.74, 6) is -0.844. The van der Waals surface area contributed by atoms with E-state index >= 15 is 0 Å². The maximum absolute atomic E-state index is 10.3. The first-order chi connectivity index (χ1) is 7.25. The molecule has 0 aliphatic rings. The molecule has 0 bridgehead atoms.